The second-order valence-electron chi connectivity index (χ2n) is 4.71. The third-order valence-corrected chi connectivity index (χ3v) is 3.26. The molecule has 5 heteroatoms. The van der Waals surface area contributed by atoms with Crippen LogP contribution in [-0.2, 0) is 11.3 Å². The third-order valence-electron chi connectivity index (χ3n) is 3.26. The first-order valence-corrected chi connectivity index (χ1v) is 6.24. The van der Waals surface area contributed by atoms with Crippen molar-refractivity contribution in [2.75, 3.05) is 13.6 Å². The average Bonchev–Trinajstić information content (AvgIpc) is 2.70. The normalized spacial score (nSPS) is 13.7. The SMILES string of the molecule is CCCN(C)C(=O)c1cc(F)c2c(c1)COB2C. The number of rotatable bonds is 3. The molecule has 1 aromatic carbocycles. The van der Waals surface area contributed by atoms with Gasteiger partial charge in [0.1, 0.15) is 5.82 Å². The fourth-order valence-electron chi connectivity index (χ4n) is 2.33. The summed E-state index contributed by atoms with van der Waals surface area (Å²) in [6.07, 6.45) is 0.885. The van der Waals surface area contributed by atoms with Gasteiger partial charge in [0.05, 0.1) is 6.61 Å². The number of hydrogen-bond donors (Lipinski definition) is 0. The van der Waals surface area contributed by atoms with Crippen molar-refractivity contribution < 1.29 is 13.8 Å². The standard InChI is InChI=1S/C13H17BFNO2/c1-4-5-16(3)13(17)9-6-10-8-18-14(2)12(10)11(15)7-9/h6-7H,4-5,8H2,1-3H3. The van der Waals surface area contributed by atoms with Crippen LogP contribution in [0.15, 0.2) is 12.1 Å². The number of nitrogens with zero attached hydrogens (tertiary/aromatic N) is 1. The topological polar surface area (TPSA) is 29.5 Å². The van der Waals surface area contributed by atoms with Crippen molar-refractivity contribution in [3.8, 4) is 0 Å². The molecule has 1 aliphatic rings. The third kappa shape index (κ3) is 2.27. The molecule has 0 aromatic heterocycles. The first kappa shape index (κ1) is 13.1. The molecule has 0 unspecified atom stereocenters. The molecule has 0 spiro atoms. The molecular weight excluding hydrogens is 232 g/mol. The maximum atomic E-state index is 14.0. The Labute approximate surface area is 107 Å². The molecule has 1 heterocycles. The van der Waals surface area contributed by atoms with Gasteiger partial charge in [-0.1, -0.05) is 13.7 Å². The molecular formula is C13H17BFNO2. The summed E-state index contributed by atoms with van der Waals surface area (Å²) >= 11 is 0. The van der Waals surface area contributed by atoms with Crippen LogP contribution in [0.2, 0.25) is 6.82 Å². The van der Waals surface area contributed by atoms with Crippen molar-refractivity contribution in [2.24, 2.45) is 0 Å². The molecule has 0 N–H and O–H groups in total. The fourth-order valence-corrected chi connectivity index (χ4v) is 2.33. The van der Waals surface area contributed by atoms with Crippen LogP contribution in [0.1, 0.15) is 29.3 Å². The lowest BCUT2D eigenvalue weighted by atomic mass is 9.64. The lowest BCUT2D eigenvalue weighted by molar-refractivity contribution is 0.0794. The van der Waals surface area contributed by atoms with Gasteiger partial charge < -0.3 is 9.55 Å². The predicted molar refractivity (Wildman–Crippen MR) is 69.7 cm³/mol. The highest BCUT2D eigenvalue weighted by atomic mass is 19.1. The molecule has 0 saturated heterocycles. The quantitative estimate of drug-likeness (QED) is 0.762. The molecule has 18 heavy (non-hydrogen) atoms. The largest absolute Gasteiger partial charge is 0.427 e. The van der Waals surface area contributed by atoms with Crippen LogP contribution in [-0.4, -0.2) is 31.3 Å². The van der Waals surface area contributed by atoms with E-state index in [0.717, 1.165) is 12.0 Å². The lowest BCUT2D eigenvalue weighted by Gasteiger charge is -2.16. The molecule has 0 fully saturated rings. The van der Waals surface area contributed by atoms with Crippen molar-refractivity contribution in [3.05, 3.63) is 29.1 Å². The van der Waals surface area contributed by atoms with Gasteiger partial charge in [-0.3, -0.25) is 4.79 Å². The number of amides is 1. The highest BCUT2D eigenvalue weighted by molar-refractivity contribution is 6.67. The van der Waals surface area contributed by atoms with Gasteiger partial charge in [-0.25, -0.2) is 4.39 Å². The van der Waals surface area contributed by atoms with Crippen molar-refractivity contribution in [1.82, 2.24) is 4.90 Å². The Kier molecular flexibility index (Phi) is 3.71. The zero-order valence-electron chi connectivity index (χ0n) is 11.0. The van der Waals surface area contributed by atoms with Gasteiger partial charge in [0.15, 0.2) is 0 Å². The van der Waals surface area contributed by atoms with Crippen LogP contribution in [0.25, 0.3) is 0 Å². The second-order valence-corrected chi connectivity index (χ2v) is 4.71. The highest BCUT2D eigenvalue weighted by Gasteiger charge is 2.28. The molecule has 1 aliphatic heterocycles. The molecule has 3 nitrogen and oxygen atoms in total. The predicted octanol–water partition coefficient (Wildman–Crippen LogP) is 1.67. The average molecular weight is 249 g/mol. The van der Waals surface area contributed by atoms with E-state index in [1.807, 2.05) is 13.7 Å². The Morgan fingerprint density at radius 2 is 2.28 bits per heavy atom. The summed E-state index contributed by atoms with van der Waals surface area (Å²) in [4.78, 5) is 13.7. The summed E-state index contributed by atoms with van der Waals surface area (Å²) in [6.45, 7) is 4.65. The number of carbonyl (C=O) groups is 1. The summed E-state index contributed by atoms with van der Waals surface area (Å²) < 4.78 is 19.3. The van der Waals surface area contributed by atoms with Gasteiger partial charge in [-0.2, -0.15) is 0 Å². The molecule has 0 saturated carbocycles. The molecule has 0 aliphatic carbocycles. The Bertz CT molecular complexity index is 478. The first-order chi connectivity index (χ1) is 8.54. The van der Waals surface area contributed by atoms with Crippen LogP contribution in [0, 0.1) is 5.82 Å². The molecule has 0 bridgehead atoms. The van der Waals surface area contributed by atoms with Crippen molar-refractivity contribution in [2.45, 2.75) is 26.8 Å². The van der Waals surface area contributed by atoms with Crippen molar-refractivity contribution >= 4 is 18.3 Å². The number of carbonyl (C=O) groups excluding carboxylic acids is 1. The van der Waals surface area contributed by atoms with E-state index in [0.29, 0.717) is 24.2 Å². The number of halogens is 1. The maximum absolute atomic E-state index is 14.0. The highest BCUT2D eigenvalue weighted by Crippen LogP contribution is 2.17. The van der Waals surface area contributed by atoms with Gasteiger partial charge in [-0.05, 0) is 29.6 Å². The van der Waals surface area contributed by atoms with Crippen LogP contribution in [0.5, 0.6) is 0 Å². The Morgan fingerprint density at radius 1 is 1.56 bits per heavy atom. The van der Waals surface area contributed by atoms with Crippen LogP contribution in [0.4, 0.5) is 4.39 Å². The molecule has 0 atom stereocenters. The number of hydrogen-bond acceptors (Lipinski definition) is 2. The fraction of sp³-hybridized carbons (Fsp3) is 0.462. The second kappa shape index (κ2) is 5.10. The van der Waals surface area contributed by atoms with E-state index in [1.54, 1.807) is 18.0 Å². The minimum absolute atomic E-state index is 0.141. The smallest absolute Gasteiger partial charge is 0.327 e. The molecule has 0 radical (unpaired) electrons. The van der Waals surface area contributed by atoms with Crippen molar-refractivity contribution in [3.63, 3.8) is 0 Å². The van der Waals surface area contributed by atoms with Gasteiger partial charge >= 0.3 is 6.92 Å². The molecule has 1 amide bonds. The zero-order chi connectivity index (χ0) is 13.3. The summed E-state index contributed by atoms with van der Waals surface area (Å²) in [7, 11) is 1.73. The summed E-state index contributed by atoms with van der Waals surface area (Å²) in [5.41, 5.74) is 1.78. The minimum atomic E-state index is -0.342. The number of fused-ring (bicyclic) bond motifs is 1. The van der Waals surface area contributed by atoms with E-state index >= 15 is 0 Å². The molecule has 2 rings (SSSR count). The van der Waals surface area contributed by atoms with Crippen molar-refractivity contribution in [1.29, 1.82) is 0 Å². The Morgan fingerprint density at radius 3 is 2.94 bits per heavy atom. The van der Waals surface area contributed by atoms with Gasteiger partial charge in [0.25, 0.3) is 5.91 Å². The van der Waals surface area contributed by atoms with E-state index in [4.69, 9.17) is 4.65 Å². The van der Waals surface area contributed by atoms with E-state index < -0.39 is 0 Å². The van der Waals surface area contributed by atoms with Gasteiger partial charge in [0, 0.05) is 19.2 Å². The molecule has 96 valence electrons. The van der Waals surface area contributed by atoms with E-state index in [-0.39, 0.29) is 18.6 Å². The van der Waals surface area contributed by atoms with Gasteiger partial charge in [-0.15, -0.1) is 0 Å². The zero-order valence-corrected chi connectivity index (χ0v) is 11.0. The van der Waals surface area contributed by atoms with E-state index in [2.05, 4.69) is 0 Å². The first-order valence-electron chi connectivity index (χ1n) is 6.24. The summed E-state index contributed by atoms with van der Waals surface area (Å²) in [5, 5.41) is 0. The van der Waals surface area contributed by atoms with E-state index in [9.17, 15) is 9.18 Å². The lowest BCUT2D eigenvalue weighted by Crippen LogP contribution is -2.31. The Hall–Kier alpha value is -1.36. The van der Waals surface area contributed by atoms with Crippen LogP contribution < -0.4 is 5.46 Å². The Balaban J connectivity index is 2.31. The maximum Gasteiger partial charge on any atom is 0.327 e. The summed E-state index contributed by atoms with van der Waals surface area (Å²) in [5.74, 6) is -0.483. The monoisotopic (exact) mass is 249 g/mol. The number of benzene rings is 1. The van der Waals surface area contributed by atoms with Crippen LogP contribution in [0.3, 0.4) is 0 Å². The summed E-state index contributed by atoms with van der Waals surface area (Å²) in [6, 6.07) is 3.06. The molecule has 1 aromatic rings. The minimum Gasteiger partial charge on any atom is -0.427 e. The van der Waals surface area contributed by atoms with Crippen LogP contribution >= 0.6 is 0 Å². The van der Waals surface area contributed by atoms with E-state index in [1.165, 1.54) is 6.07 Å². The van der Waals surface area contributed by atoms with Gasteiger partial charge in [0.2, 0.25) is 0 Å².